The van der Waals surface area contributed by atoms with E-state index in [4.69, 9.17) is 4.74 Å². The van der Waals surface area contributed by atoms with Crippen LogP contribution in [0.4, 0.5) is 5.69 Å². The minimum Gasteiger partial charge on any atom is -0.490 e. The van der Waals surface area contributed by atoms with Gasteiger partial charge < -0.3 is 14.7 Å². The largest absolute Gasteiger partial charge is 0.490 e. The fourth-order valence-corrected chi connectivity index (χ4v) is 3.65. The third-order valence-corrected chi connectivity index (χ3v) is 4.94. The maximum Gasteiger partial charge on any atom is 0.269 e. The summed E-state index contributed by atoms with van der Waals surface area (Å²) in [6, 6.07) is 4.56. The van der Waals surface area contributed by atoms with Crippen LogP contribution in [0, 0.1) is 16.0 Å². The van der Waals surface area contributed by atoms with E-state index in [1.807, 2.05) is 0 Å². The number of hydrogen-bond donors (Lipinski definition) is 1. The third-order valence-electron chi connectivity index (χ3n) is 4.94. The summed E-state index contributed by atoms with van der Waals surface area (Å²) in [6.07, 6.45) is 4.18. The van der Waals surface area contributed by atoms with Gasteiger partial charge in [0.05, 0.1) is 4.92 Å². The first-order valence-corrected chi connectivity index (χ1v) is 7.97. The van der Waals surface area contributed by atoms with Crippen molar-refractivity contribution in [1.29, 1.82) is 0 Å². The van der Waals surface area contributed by atoms with Crippen LogP contribution in [0.3, 0.4) is 0 Å². The number of non-ortho nitro benzene ring substituents is 1. The van der Waals surface area contributed by atoms with Crippen molar-refractivity contribution >= 4 is 14.1 Å². The molecule has 1 N–H and O–H groups in total. The zero-order valence-corrected chi connectivity index (χ0v) is 13.7. The van der Waals surface area contributed by atoms with Crippen molar-refractivity contribution in [2.75, 3.05) is 26.2 Å². The van der Waals surface area contributed by atoms with Crippen LogP contribution in [-0.2, 0) is 6.42 Å². The van der Waals surface area contributed by atoms with Crippen LogP contribution in [-0.4, -0.2) is 55.2 Å². The number of hydrogen-bond acceptors (Lipinski definition) is 5. The Labute approximate surface area is 143 Å². The Balaban J connectivity index is 0.00000208. The quantitative estimate of drug-likeness (QED) is 0.373. The molecule has 7 heteroatoms. The first kappa shape index (κ1) is 18.5. The van der Waals surface area contributed by atoms with E-state index in [0.717, 1.165) is 31.5 Å². The molecule has 127 valence electrons. The van der Waals surface area contributed by atoms with E-state index in [0.29, 0.717) is 18.7 Å². The van der Waals surface area contributed by atoms with Crippen LogP contribution >= 0.6 is 0 Å². The number of allylic oxidation sites excluding steroid dienone is 1. The molecule has 6 nitrogen and oxygen atoms in total. The van der Waals surface area contributed by atoms with Crippen molar-refractivity contribution in [3.8, 4) is 5.75 Å². The standard InChI is InChI=1S/C17H22N2O4.B/c1-2-3-13-10-15(19(21)22)4-5-16(13)23-12-17(20)11-18-8-6-14(17)7-9-18;/h2,4-5,10,14,20H,1,3,6-9,11-12H2;. The lowest BCUT2D eigenvalue weighted by Gasteiger charge is -2.50. The highest BCUT2D eigenvalue weighted by atomic mass is 16.6. The van der Waals surface area contributed by atoms with Gasteiger partial charge in [0.15, 0.2) is 0 Å². The smallest absolute Gasteiger partial charge is 0.269 e. The molecule has 0 amide bonds. The highest BCUT2D eigenvalue weighted by Gasteiger charge is 2.46. The molecule has 3 aliphatic rings. The van der Waals surface area contributed by atoms with Crippen LogP contribution in [0.25, 0.3) is 0 Å². The van der Waals surface area contributed by atoms with Crippen molar-refractivity contribution in [2.24, 2.45) is 5.92 Å². The van der Waals surface area contributed by atoms with Gasteiger partial charge in [0.2, 0.25) is 0 Å². The molecule has 3 fully saturated rings. The van der Waals surface area contributed by atoms with Gasteiger partial charge in [0, 0.05) is 32.7 Å². The molecule has 3 radical (unpaired) electrons. The Kier molecular flexibility index (Phi) is 5.67. The minimum atomic E-state index is -0.830. The number of nitro benzene ring substituents is 1. The van der Waals surface area contributed by atoms with Crippen molar-refractivity contribution in [3.05, 3.63) is 46.5 Å². The van der Waals surface area contributed by atoms with E-state index < -0.39 is 10.5 Å². The zero-order chi connectivity index (χ0) is 16.4. The van der Waals surface area contributed by atoms with Crippen LogP contribution in [0.1, 0.15) is 18.4 Å². The van der Waals surface area contributed by atoms with Gasteiger partial charge in [0.1, 0.15) is 18.0 Å². The number of benzene rings is 1. The van der Waals surface area contributed by atoms with Gasteiger partial charge in [-0.15, -0.1) is 6.58 Å². The van der Waals surface area contributed by atoms with Crippen LogP contribution < -0.4 is 4.74 Å². The van der Waals surface area contributed by atoms with E-state index in [9.17, 15) is 15.2 Å². The summed E-state index contributed by atoms with van der Waals surface area (Å²) in [5, 5.41) is 21.8. The van der Waals surface area contributed by atoms with E-state index in [2.05, 4.69) is 11.5 Å². The lowest BCUT2D eigenvalue weighted by atomic mass is 9.76. The zero-order valence-electron chi connectivity index (χ0n) is 13.7. The fourth-order valence-electron chi connectivity index (χ4n) is 3.65. The molecule has 3 saturated heterocycles. The van der Waals surface area contributed by atoms with Crippen molar-refractivity contribution < 1.29 is 14.8 Å². The molecule has 1 unspecified atom stereocenters. The first-order valence-electron chi connectivity index (χ1n) is 7.97. The summed E-state index contributed by atoms with van der Waals surface area (Å²) >= 11 is 0. The molecule has 1 aromatic rings. The topological polar surface area (TPSA) is 75.8 Å². The summed E-state index contributed by atoms with van der Waals surface area (Å²) in [6.45, 7) is 6.64. The SMILES string of the molecule is C=CCc1cc([N+](=O)[O-])ccc1OCC1(O)CN2CCC1CC2.[B]. The molecule has 2 bridgehead atoms. The lowest BCUT2D eigenvalue weighted by molar-refractivity contribution is -0.384. The van der Waals surface area contributed by atoms with E-state index in [-0.39, 0.29) is 26.6 Å². The predicted octanol–water partition coefficient (Wildman–Crippen LogP) is 1.78. The number of ether oxygens (including phenoxy) is 1. The van der Waals surface area contributed by atoms with Crippen LogP contribution in [0.15, 0.2) is 30.9 Å². The summed E-state index contributed by atoms with van der Waals surface area (Å²) in [4.78, 5) is 12.8. The van der Waals surface area contributed by atoms with E-state index in [1.54, 1.807) is 12.1 Å². The molecule has 0 aromatic heterocycles. The Morgan fingerprint density at radius 2 is 2.17 bits per heavy atom. The summed E-state index contributed by atoms with van der Waals surface area (Å²) in [5.41, 5.74) is -0.0705. The van der Waals surface area contributed by atoms with Gasteiger partial charge in [-0.1, -0.05) is 6.08 Å². The highest BCUT2D eigenvalue weighted by molar-refractivity contribution is 5.75. The minimum absolute atomic E-state index is 0. The molecule has 0 spiro atoms. The van der Waals surface area contributed by atoms with E-state index in [1.165, 1.54) is 12.1 Å². The number of piperidine rings is 3. The average molecular weight is 329 g/mol. The normalized spacial score (nSPS) is 28.0. The van der Waals surface area contributed by atoms with Crippen molar-refractivity contribution in [1.82, 2.24) is 4.90 Å². The Morgan fingerprint density at radius 3 is 2.71 bits per heavy atom. The molecule has 3 aliphatic heterocycles. The molecule has 0 aliphatic carbocycles. The highest BCUT2D eigenvalue weighted by Crippen LogP contribution is 2.36. The maximum atomic E-state index is 10.9. The molecule has 0 saturated carbocycles. The number of nitro groups is 1. The van der Waals surface area contributed by atoms with Gasteiger partial charge >= 0.3 is 0 Å². The molecular weight excluding hydrogens is 307 g/mol. The fraction of sp³-hybridized carbons (Fsp3) is 0.529. The molecular formula is C17H22BN2O4. The van der Waals surface area contributed by atoms with Crippen LogP contribution in [0.5, 0.6) is 5.75 Å². The van der Waals surface area contributed by atoms with E-state index >= 15 is 0 Å². The number of fused-ring (bicyclic) bond motifs is 3. The Bertz CT molecular complexity index is 617. The van der Waals surface area contributed by atoms with Gasteiger partial charge in [-0.05, 0) is 44.3 Å². The van der Waals surface area contributed by atoms with Gasteiger partial charge in [-0.2, -0.15) is 0 Å². The summed E-state index contributed by atoms with van der Waals surface area (Å²) in [5.74, 6) is 0.855. The second-order valence-corrected chi connectivity index (χ2v) is 6.48. The second kappa shape index (κ2) is 7.36. The third kappa shape index (κ3) is 3.62. The summed E-state index contributed by atoms with van der Waals surface area (Å²) in [7, 11) is 0. The van der Waals surface area contributed by atoms with Crippen molar-refractivity contribution in [3.63, 3.8) is 0 Å². The van der Waals surface area contributed by atoms with Crippen molar-refractivity contribution in [2.45, 2.75) is 24.9 Å². The number of rotatable bonds is 6. The van der Waals surface area contributed by atoms with Crippen LogP contribution in [0.2, 0.25) is 0 Å². The van der Waals surface area contributed by atoms with Gasteiger partial charge in [0.25, 0.3) is 5.69 Å². The predicted molar refractivity (Wildman–Crippen MR) is 92.4 cm³/mol. The number of nitrogens with zero attached hydrogens (tertiary/aromatic N) is 2. The second-order valence-electron chi connectivity index (χ2n) is 6.48. The molecule has 1 aromatic carbocycles. The molecule has 3 heterocycles. The van der Waals surface area contributed by atoms with Gasteiger partial charge in [-0.25, -0.2) is 0 Å². The molecule has 24 heavy (non-hydrogen) atoms. The Hall–Kier alpha value is -1.86. The monoisotopic (exact) mass is 329 g/mol. The van der Waals surface area contributed by atoms with Gasteiger partial charge in [-0.3, -0.25) is 10.1 Å². The maximum absolute atomic E-state index is 10.9. The Morgan fingerprint density at radius 1 is 1.46 bits per heavy atom. The molecule has 4 rings (SSSR count). The number of aliphatic hydroxyl groups is 1. The molecule has 1 atom stereocenters. The summed E-state index contributed by atoms with van der Waals surface area (Å²) < 4.78 is 5.87. The average Bonchev–Trinajstić information content (AvgIpc) is 2.54. The lowest BCUT2D eigenvalue weighted by Crippen LogP contribution is -2.61. The first-order chi connectivity index (χ1) is 11.0.